The van der Waals surface area contributed by atoms with Crippen LogP contribution in [0.3, 0.4) is 0 Å². The van der Waals surface area contributed by atoms with Crippen LogP contribution < -0.4 is 5.14 Å². The van der Waals surface area contributed by atoms with Crippen molar-refractivity contribution in [1.29, 1.82) is 0 Å². The van der Waals surface area contributed by atoms with E-state index in [1.54, 1.807) is 30.5 Å². The number of aromatic amines is 1. The van der Waals surface area contributed by atoms with E-state index in [4.69, 9.17) is 5.14 Å². The first-order chi connectivity index (χ1) is 14.1. The molecule has 0 radical (unpaired) electrons. The van der Waals surface area contributed by atoms with E-state index >= 15 is 0 Å². The molecule has 0 aliphatic rings. The van der Waals surface area contributed by atoms with E-state index in [0.29, 0.717) is 10.9 Å². The largest absolute Gasteiger partial charge is 0.435 e. The Bertz CT molecular complexity index is 1360. The van der Waals surface area contributed by atoms with Crippen LogP contribution in [0.1, 0.15) is 11.3 Å². The Morgan fingerprint density at radius 3 is 2.53 bits per heavy atom. The van der Waals surface area contributed by atoms with Crippen molar-refractivity contribution in [2.24, 2.45) is 5.14 Å². The molecule has 7 nitrogen and oxygen atoms in total. The number of nitrogens with one attached hydrogen (secondary N) is 1. The van der Waals surface area contributed by atoms with E-state index in [0.717, 1.165) is 22.3 Å². The molecule has 0 saturated carbocycles. The Labute approximate surface area is 168 Å². The SMILES string of the molecule is NS(=O)(=O)c1ccc(-n2nc(C(F)(F)F)cc2-c2c[nH]c3ccccc23)cc1CO. The monoisotopic (exact) mass is 436 g/mol. The summed E-state index contributed by atoms with van der Waals surface area (Å²) < 4.78 is 64.6. The van der Waals surface area contributed by atoms with Crippen LogP contribution in [-0.4, -0.2) is 28.3 Å². The third kappa shape index (κ3) is 3.47. The number of nitrogens with two attached hydrogens (primary N) is 1. The Kier molecular flexibility index (Phi) is 4.68. The van der Waals surface area contributed by atoms with Gasteiger partial charge in [-0.25, -0.2) is 18.2 Å². The van der Waals surface area contributed by atoms with Gasteiger partial charge >= 0.3 is 6.18 Å². The van der Waals surface area contributed by atoms with Gasteiger partial charge in [-0.15, -0.1) is 0 Å². The number of rotatable bonds is 4. The fourth-order valence-corrected chi connectivity index (χ4v) is 4.04. The molecule has 0 aliphatic heterocycles. The van der Waals surface area contributed by atoms with E-state index in [9.17, 15) is 26.7 Å². The number of primary sulfonamides is 1. The molecule has 30 heavy (non-hydrogen) atoms. The minimum atomic E-state index is -4.69. The lowest BCUT2D eigenvalue weighted by Gasteiger charge is -2.11. The maximum absolute atomic E-state index is 13.4. The van der Waals surface area contributed by atoms with Crippen molar-refractivity contribution >= 4 is 20.9 Å². The highest BCUT2D eigenvalue weighted by molar-refractivity contribution is 7.89. The smallest absolute Gasteiger partial charge is 0.392 e. The average molecular weight is 436 g/mol. The van der Waals surface area contributed by atoms with Gasteiger partial charge in [-0.2, -0.15) is 18.3 Å². The molecule has 0 spiro atoms. The van der Waals surface area contributed by atoms with E-state index < -0.39 is 28.5 Å². The third-order valence-corrected chi connectivity index (χ3v) is 5.64. The number of alkyl halides is 3. The number of aliphatic hydroxyl groups is 1. The summed E-state index contributed by atoms with van der Waals surface area (Å²) in [6, 6.07) is 11.7. The van der Waals surface area contributed by atoms with Crippen LogP contribution in [0.25, 0.3) is 27.8 Å². The predicted molar refractivity (Wildman–Crippen MR) is 103 cm³/mol. The standard InChI is InChI=1S/C19H15F3N4O3S/c20-19(21,22)18-8-16(14-9-24-15-4-2-1-3-13(14)15)26(25-18)12-5-6-17(30(23,28)29)11(7-12)10-27/h1-9,24,27H,10H2,(H2,23,28,29). The molecule has 0 unspecified atom stereocenters. The lowest BCUT2D eigenvalue weighted by molar-refractivity contribution is -0.141. The molecule has 0 aliphatic carbocycles. The molecule has 0 fully saturated rings. The number of hydrogen-bond donors (Lipinski definition) is 3. The van der Waals surface area contributed by atoms with Crippen molar-refractivity contribution < 1.29 is 26.7 Å². The second-order valence-electron chi connectivity index (χ2n) is 6.57. The fraction of sp³-hybridized carbons (Fsp3) is 0.105. The molecule has 4 rings (SSSR count). The quantitative estimate of drug-likeness (QED) is 0.456. The highest BCUT2D eigenvalue weighted by Crippen LogP contribution is 2.36. The van der Waals surface area contributed by atoms with Crippen molar-refractivity contribution in [2.45, 2.75) is 17.7 Å². The third-order valence-electron chi connectivity index (χ3n) is 4.63. The molecule has 0 amide bonds. The van der Waals surface area contributed by atoms with Crippen molar-refractivity contribution in [3.63, 3.8) is 0 Å². The fourth-order valence-electron chi connectivity index (χ4n) is 3.29. The summed E-state index contributed by atoms with van der Waals surface area (Å²) in [5, 5.41) is 19.1. The number of para-hydroxylation sites is 1. The summed E-state index contributed by atoms with van der Waals surface area (Å²) in [6.45, 7) is -0.671. The summed E-state index contributed by atoms with van der Waals surface area (Å²) in [4.78, 5) is 2.69. The average Bonchev–Trinajstić information content (AvgIpc) is 3.30. The summed E-state index contributed by atoms with van der Waals surface area (Å²) in [5.74, 6) is 0. The maximum atomic E-state index is 13.4. The minimum Gasteiger partial charge on any atom is -0.392 e. The van der Waals surface area contributed by atoms with Gasteiger partial charge in [0, 0.05) is 22.7 Å². The predicted octanol–water partition coefficient (Wildman–Crippen LogP) is 3.18. The lowest BCUT2D eigenvalue weighted by atomic mass is 10.1. The molecule has 2 aromatic heterocycles. The van der Waals surface area contributed by atoms with Gasteiger partial charge in [0.1, 0.15) is 0 Å². The zero-order valence-corrected chi connectivity index (χ0v) is 16.0. The molecule has 4 aromatic rings. The minimum absolute atomic E-state index is 0.0519. The number of aromatic nitrogens is 3. The Morgan fingerprint density at radius 2 is 1.87 bits per heavy atom. The molecular formula is C19H15F3N4O3S. The van der Waals surface area contributed by atoms with Crippen LogP contribution in [-0.2, 0) is 22.8 Å². The van der Waals surface area contributed by atoms with Crippen molar-refractivity contribution in [2.75, 3.05) is 0 Å². The molecule has 0 atom stereocenters. The summed E-state index contributed by atoms with van der Waals surface area (Å²) in [5.41, 5.74) is 0.339. The van der Waals surface area contributed by atoms with Gasteiger partial charge in [0.2, 0.25) is 10.0 Å². The molecule has 2 aromatic carbocycles. The molecule has 11 heteroatoms. The van der Waals surface area contributed by atoms with E-state index in [-0.39, 0.29) is 21.8 Å². The summed E-state index contributed by atoms with van der Waals surface area (Å²) in [7, 11) is -4.12. The van der Waals surface area contributed by atoms with Crippen LogP contribution in [0.2, 0.25) is 0 Å². The van der Waals surface area contributed by atoms with Crippen molar-refractivity contribution in [3.8, 4) is 16.9 Å². The van der Waals surface area contributed by atoms with Crippen LogP contribution >= 0.6 is 0 Å². The highest BCUT2D eigenvalue weighted by Gasteiger charge is 2.35. The summed E-state index contributed by atoms with van der Waals surface area (Å²) >= 11 is 0. The highest BCUT2D eigenvalue weighted by atomic mass is 32.2. The van der Waals surface area contributed by atoms with E-state index in [2.05, 4.69) is 10.1 Å². The van der Waals surface area contributed by atoms with Gasteiger partial charge in [-0.3, -0.25) is 0 Å². The Balaban J connectivity index is 1.97. The van der Waals surface area contributed by atoms with Gasteiger partial charge in [0.05, 0.1) is 22.9 Å². The normalized spacial score (nSPS) is 12.6. The Hall–Kier alpha value is -3.15. The molecule has 4 N–H and O–H groups in total. The molecular weight excluding hydrogens is 421 g/mol. The maximum Gasteiger partial charge on any atom is 0.435 e. The van der Waals surface area contributed by atoms with E-state index in [1.165, 1.54) is 12.1 Å². The van der Waals surface area contributed by atoms with Crippen molar-refractivity contribution in [1.82, 2.24) is 14.8 Å². The summed E-state index contributed by atoms with van der Waals surface area (Å²) in [6.07, 6.45) is -3.11. The van der Waals surface area contributed by atoms with Crippen LogP contribution in [0.15, 0.2) is 59.6 Å². The lowest BCUT2D eigenvalue weighted by Crippen LogP contribution is -2.15. The number of sulfonamides is 1. The number of H-pyrrole nitrogens is 1. The zero-order chi connectivity index (χ0) is 21.7. The van der Waals surface area contributed by atoms with Gasteiger partial charge in [-0.1, -0.05) is 18.2 Å². The van der Waals surface area contributed by atoms with Crippen LogP contribution in [0.5, 0.6) is 0 Å². The topological polar surface area (TPSA) is 114 Å². The number of hydrogen-bond acceptors (Lipinski definition) is 4. The van der Waals surface area contributed by atoms with Gasteiger partial charge in [0.25, 0.3) is 0 Å². The molecule has 2 heterocycles. The van der Waals surface area contributed by atoms with Crippen LogP contribution in [0, 0.1) is 0 Å². The number of halogens is 3. The first kappa shape index (κ1) is 20.1. The zero-order valence-electron chi connectivity index (χ0n) is 15.2. The van der Waals surface area contributed by atoms with Crippen molar-refractivity contribution in [3.05, 3.63) is 66.0 Å². The molecule has 156 valence electrons. The first-order valence-corrected chi connectivity index (χ1v) is 10.1. The second-order valence-corrected chi connectivity index (χ2v) is 8.10. The van der Waals surface area contributed by atoms with Crippen LogP contribution in [0.4, 0.5) is 13.2 Å². The van der Waals surface area contributed by atoms with Gasteiger partial charge in [0.15, 0.2) is 5.69 Å². The number of aliphatic hydroxyl groups excluding tert-OH is 1. The van der Waals surface area contributed by atoms with E-state index in [1.807, 2.05) is 0 Å². The number of fused-ring (bicyclic) bond motifs is 1. The first-order valence-electron chi connectivity index (χ1n) is 8.60. The molecule has 0 saturated heterocycles. The second kappa shape index (κ2) is 6.97. The number of benzene rings is 2. The Morgan fingerprint density at radius 1 is 1.13 bits per heavy atom. The number of nitrogens with zero attached hydrogens (tertiary/aromatic N) is 2. The molecule has 0 bridgehead atoms. The van der Waals surface area contributed by atoms with Gasteiger partial charge in [-0.05, 0) is 35.9 Å². The van der Waals surface area contributed by atoms with Gasteiger partial charge < -0.3 is 10.1 Å².